The molecule has 2 rings (SSSR count). The number of aliphatic hydroxyl groups excluding tert-OH is 1. The van der Waals surface area contributed by atoms with Crippen molar-refractivity contribution in [3.8, 4) is 0 Å². The van der Waals surface area contributed by atoms with E-state index >= 15 is 0 Å². The number of hydrogen-bond donors (Lipinski definition) is 2. The first-order valence-electron chi connectivity index (χ1n) is 5.65. The molecule has 0 spiro atoms. The number of aliphatic hydroxyl groups is 1. The number of rotatable bonds is 5. The molecule has 0 unspecified atom stereocenters. The van der Waals surface area contributed by atoms with Gasteiger partial charge in [-0.2, -0.15) is 5.10 Å². The Hall–Kier alpha value is -1.64. The summed E-state index contributed by atoms with van der Waals surface area (Å²) in [6.45, 7) is -0.0197. The minimum Gasteiger partial charge on any atom is -0.390 e. The molecule has 2 heterocycles. The Morgan fingerprint density at radius 1 is 1.37 bits per heavy atom. The van der Waals surface area contributed by atoms with Crippen LogP contribution in [0.5, 0.6) is 0 Å². The smallest absolute Gasteiger partial charge is 0.242 e. The van der Waals surface area contributed by atoms with E-state index in [0.717, 1.165) is 5.56 Å². The van der Waals surface area contributed by atoms with Crippen LogP contribution >= 0.6 is 0 Å². The minimum absolute atomic E-state index is 0.142. The molecular formula is C11H16N4O3S. The van der Waals surface area contributed by atoms with Crippen LogP contribution in [0.25, 0.3) is 0 Å². The van der Waals surface area contributed by atoms with Gasteiger partial charge in [0, 0.05) is 44.3 Å². The lowest BCUT2D eigenvalue weighted by Crippen LogP contribution is -2.22. The Balaban J connectivity index is 2.13. The van der Waals surface area contributed by atoms with E-state index in [9.17, 15) is 8.42 Å². The summed E-state index contributed by atoms with van der Waals surface area (Å²) >= 11 is 0. The Morgan fingerprint density at radius 3 is 2.63 bits per heavy atom. The average molecular weight is 284 g/mol. The predicted octanol–water partition coefficient (Wildman–Crippen LogP) is -0.271. The molecule has 2 N–H and O–H groups in total. The van der Waals surface area contributed by atoms with E-state index < -0.39 is 10.0 Å². The third-order valence-corrected chi connectivity index (χ3v) is 4.15. The van der Waals surface area contributed by atoms with Crippen LogP contribution < -0.4 is 4.72 Å². The summed E-state index contributed by atoms with van der Waals surface area (Å²) in [7, 11) is -0.127. The number of sulfonamides is 1. The highest BCUT2D eigenvalue weighted by atomic mass is 32.2. The van der Waals surface area contributed by atoms with Gasteiger partial charge in [-0.1, -0.05) is 0 Å². The van der Waals surface area contributed by atoms with Crippen LogP contribution in [0.4, 0.5) is 0 Å². The van der Waals surface area contributed by atoms with Gasteiger partial charge in [0.1, 0.15) is 0 Å². The summed E-state index contributed by atoms with van der Waals surface area (Å²) in [5.74, 6) is 0. The van der Waals surface area contributed by atoms with E-state index in [1.165, 1.54) is 12.3 Å². The second kappa shape index (κ2) is 5.16. The average Bonchev–Trinajstić information content (AvgIpc) is 2.93. The molecule has 104 valence electrons. The zero-order valence-electron chi connectivity index (χ0n) is 10.7. The number of aromatic nitrogens is 3. The fourth-order valence-electron chi connectivity index (χ4n) is 1.71. The van der Waals surface area contributed by atoms with Crippen LogP contribution in [-0.4, -0.2) is 27.9 Å². The van der Waals surface area contributed by atoms with Gasteiger partial charge in [-0.05, 0) is 6.07 Å². The molecule has 0 aliphatic rings. The maximum absolute atomic E-state index is 12.1. The number of hydrogen-bond acceptors (Lipinski definition) is 4. The molecule has 0 bridgehead atoms. The Bertz CT molecular complexity index is 672. The van der Waals surface area contributed by atoms with Crippen molar-refractivity contribution in [2.75, 3.05) is 0 Å². The number of aryl methyl sites for hydroxylation is 2. The lowest BCUT2D eigenvalue weighted by Gasteiger charge is -2.02. The summed E-state index contributed by atoms with van der Waals surface area (Å²) in [6, 6.07) is 1.45. The fraction of sp³-hybridized carbons (Fsp3) is 0.364. The second-order valence-electron chi connectivity index (χ2n) is 4.28. The van der Waals surface area contributed by atoms with Gasteiger partial charge in [0.2, 0.25) is 10.0 Å². The first-order valence-corrected chi connectivity index (χ1v) is 7.14. The highest BCUT2D eigenvalue weighted by Crippen LogP contribution is 2.13. The monoisotopic (exact) mass is 284 g/mol. The Kier molecular flexibility index (Phi) is 3.74. The summed E-state index contributed by atoms with van der Waals surface area (Å²) in [5.41, 5.74) is 1.33. The fourth-order valence-corrected chi connectivity index (χ4v) is 2.82. The molecular weight excluding hydrogens is 268 g/mol. The highest BCUT2D eigenvalue weighted by molar-refractivity contribution is 7.89. The van der Waals surface area contributed by atoms with Crippen molar-refractivity contribution in [3.63, 3.8) is 0 Å². The number of nitrogens with zero attached hydrogens (tertiary/aromatic N) is 3. The van der Waals surface area contributed by atoms with Crippen molar-refractivity contribution < 1.29 is 13.5 Å². The molecule has 8 heteroatoms. The standard InChI is InChI=1S/C11H16N4O3S/c1-14-7-11(3-10(14)8-16)19(17,18)13-5-9-4-12-15(2)6-9/h3-4,6-7,13,16H,5,8H2,1-2H3. The molecule has 7 nitrogen and oxygen atoms in total. The third-order valence-electron chi connectivity index (χ3n) is 2.78. The van der Waals surface area contributed by atoms with Crippen LogP contribution in [0.15, 0.2) is 29.6 Å². The van der Waals surface area contributed by atoms with Crippen LogP contribution in [0.1, 0.15) is 11.3 Å². The molecule has 2 aromatic rings. The van der Waals surface area contributed by atoms with Crippen molar-refractivity contribution in [2.45, 2.75) is 18.0 Å². The molecule has 0 atom stereocenters. The van der Waals surface area contributed by atoms with Gasteiger partial charge in [-0.25, -0.2) is 13.1 Å². The predicted molar refractivity (Wildman–Crippen MR) is 68.6 cm³/mol. The van der Waals surface area contributed by atoms with E-state index in [1.807, 2.05) is 0 Å². The molecule has 0 saturated carbocycles. The van der Waals surface area contributed by atoms with Gasteiger partial charge in [0.25, 0.3) is 0 Å². The number of nitrogens with one attached hydrogen (secondary N) is 1. The van der Waals surface area contributed by atoms with Gasteiger partial charge in [0.15, 0.2) is 0 Å². The zero-order chi connectivity index (χ0) is 14.0. The normalized spacial score (nSPS) is 11.9. The van der Waals surface area contributed by atoms with E-state index in [2.05, 4.69) is 9.82 Å². The highest BCUT2D eigenvalue weighted by Gasteiger charge is 2.17. The maximum atomic E-state index is 12.1. The lowest BCUT2D eigenvalue weighted by atomic mass is 10.4. The Morgan fingerprint density at radius 2 is 2.11 bits per heavy atom. The molecule has 2 aromatic heterocycles. The van der Waals surface area contributed by atoms with Crippen molar-refractivity contribution >= 4 is 10.0 Å². The SMILES string of the molecule is Cn1cc(CNS(=O)(=O)c2cc(CO)n(C)c2)cn1. The molecule has 0 fully saturated rings. The van der Waals surface area contributed by atoms with Crippen molar-refractivity contribution in [1.29, 1.82) is 0 Å². The van der Waals surface area contributed by atoms with E-state index in [1.54, 1.807) is 35.7 Å². The van der Waals surface area contributed by atoms with E-state index in [-0.39, 0.29) is 18.0 Å². The lowest BCUT2D eigenvalue weighted by molar-refractivity contribution is 0.272. The van der Waals surface area contributed by atoms with Crippen molar-refractivity contribution in [1.82, 2.24) is 19.1 Å². The first-order chi connectivity index (χ1) is 8.92. The molecule has 0 aromatic carbocycles. The largest absolute Gasteiger partial charge is 0.390 e. The maximum Gasteiger partial charge on any atom is 0.242 e. The van der Waals surface area contributed by atoms with Crippen LogP contribution in [0.2, 0.25) is 0 Å². The first kappa shape index (κ1) is 13.8. The van der Waals surface area contributed by atoms with Crippen molar-refractivity contribution in [2.24, 2.45) is 14.1 Å². The van der Waals surface area contributed by atoms with Crippen LogP contribution in [-0.2, 0) is 37.3 Å². The molecule has 0 saturated heterocycles. The minimum atomic E-state index is -3.58. The second-order valence-corrected chi connectivity index (χ2v) is 6.05. The van der Waals surface area contributed by atoms with Crippen LogP contribution in [0, 0.1) is 0 Å². The molecule has 0 amide bonds. The van der Waals surface area contributed by atoms with Crippen molar-refractivity contribution in [3.05, 3.63) is 35.9 Å². The summed E-state index contributed by atoms with van der Waals surface area (Å²) < 4.78 is 29.8. The summed E-state index contributed by atoms with van der Waals surface area (Å²) in [4.78, 5) is 0.142. The van der Waals surface area contributed by atoms with Crippen LogP contribution in [0.3, 0.4) is 0 Å². The summed E-state index contributed by atoms with van der Waals surface area (Å²) in [5, 5.41) is 13.0. The van der Waals surface area contributed by atoms with Gasteiger partial charge in [-0.15, -0.1) is 0 Å². The summed E-state index contributed by atoms with van der Waals surface area (Å²) in [6.07, 6.45) is 4.82. The van der Waals surface area contributed by atoms with Gasteiger partial charge < -0.3 is 9.67 Å². The molecule has 0 radical (unpaired) electrons. The van der Waals surface area contributed by atoms with E-state index in [4.69, 9.17) is 5.11 Å². The van der Waals surface area contributed by atoms with Gasteiger partial charge >= 0.3 is 0 Å². The quantitative estimate of drug-likeness (QED) is 0.791. The Labute approximate surface area is 111 Å². The molecule has 0 aliphatic carbocycles. The third kappa shape index (κ3) is 3.03. The zero-order valence-corrected chi connectivity index (χ0v) is 11.6. The van der Waals surface area contributed by atoms with E-state index in [0.29, 0.717) is 5.69 Å². The van der Waals surface area contributed by atoms with Gasteiger partial charge in [-0.3, -0.25) is 4.68 Å². The topological polar surface area (TPSA) is 89.1 Å². The molecule has 0 aliphatic heterocycles. The molecule has 19 heavy (non-hydrogen) atoms. The van der Waals surface area contributed by atoms with Gasteiger partial charge in [0.05, 0.1) is 17.7 Å².